The summed E-state index contributed by atoms with van der Waals surface area (Å²) < 4.78 is 112. The van der Waals surface area contributed by atoms with Crippen LogP contribution in [-0.2, 0) is 22.6 Å². The standard InChI is InChI=1S/C37H38F6N4O3S/c1-51(49,50)28-13-14-31-29(22-28)32(35(48)46-34(37(41,42)43)24-9-4-2-5-10-24)30(33(45-31)25-11-8-12-26(21-25)36(38,39)40)23-47(19-6-3-7-20-47)27-15-17-44-18-16-27/h2,4-5,8-14,21-22,27,34,44H,3,6-7,15-20,23H2,1H3/p+1/t34-/m0/s1. The number of amides is 1. The molecule has 0 aliphatic carbocycles. The Bertz CT molecular complexity index is 2010. The maximum Gasteiger partial charge on any atom is 0.416 e. The van der Waals surface area contributed by atoms with Crippen LogP contribution in [0.3, 0.4) is 0 Å². The fraction of sp³-hybridized carbons (Fsp3) is 0.405. The number of benzene rings is 3. The van der Waals surface area contributed by atoms with Gasteiger partial charge in [-0.15, -0.1) is 0 Å². The quantitative estimate of drug-likeness (QED) is 0.144. The first-order valence-electron chi connectivity index (χ1n) is 16.9. The number of carbonyl (C=O) groups is 1. The van der Waals surface area contributed by atoms with Crippen LogP contribution in [0.2, 0.25) is 0 Å². The van der Waals surface area contributed by atoms with Gasteiger partial charge < -0.3 is 15.1 Å². The zero-order valence-corrected chi connectivity index (χ0v) is 28.8. The molecule has 51 heavy (non-hydrogen) atoms. The third kappa shape index (κ3) is 7.92. The lowest BCUT2D eigenvalue weighted by molar-refractivity contribution is -0.968. The van der Waals surface area contributed by atoms with E-state index in [1.165, 1.54) is 54.6 Å². The molecule has 7 nitrogen and oxygen atoms in total. The molecular formula is C37H39F6N4O3S+. The number of rotatable bonds is 8. The van der Waals surface area contributed by atoms with Crippen molar-refractivity contribution in [3.05, 3.63) is 95.1 Å². The van der Waals surface area contributed by atoms with Gasteiger partial charge in [-0.2, -0.15) is 26.3 Å². The highest BCUT2D eigenvalue weighted by molar-refractivity contribution is 7.90. The molecule has 2 fully saturated rings. The Hall–Kier alpha value is -4.01. The zero-order chi connectivity index (χ0) is 36.6. The van der Waals surface area contributed by atoms with Crippen molar-refractivity contribution >= 4 is 26.6 Å². The third-order valence-corrected chi connectivity index (χ3v) is 11.3. The molecule has 3 heterocycles. The summed E-state index contributed by atoms with van der Waals surface area (Å²) >= 11 is 0. The molecule has 1 aromatic heterocycles. The van der Waals surface area contributed by atoms with Crippen molar-refractivity contribution in [1.29, 1.82) is 0 Å². The summed E-state index contributed by atoms with van der Waals surface area (Å²) in [6.45, 7) is 2.99. The molecule has 0 unspecified atom stereocenters. The number of pyridine rings is 1. The lowest BCUT2D eigenvalue weighted by Gasteiger charge is -2.49. The minimum Gasteiger partial charge on any atom is -0.337 e. The molecule has 1 atom stereocenters. The van der Waals surface area contributed by atoms with E-state index in [1.54, 1.807) is 6.07 Å². The predicted octanol–water partition coefficient (Wildman–Crippen LogP) is 7.61. The topological polar surface area (TPSA) is 88.2 Å². The van der Waals surface area contributed by atoms with Gasteiger partial charge in [0.15, 0.2) is 15.9 Å². The van der Waals surface area contributed by atoms with Crippen molar-refractivity contribution in [3.8, 4) is 11.3 Å². The van der Waals surface area contributed by atoms with E-state index in [0.29, 0.717) is 17.6 Å². The van der Waals surface area contributed by atoms with Crippen LogP contribution in [0.4, 0.5) is 26.3 Å². The number of halogens is 6. The van der Waals surface area contributed by atoms with E-state index in [2.05, 4.69) is 10.6 Å². The molecule has 4 aromatic rings. The van der Waals surface area contributed by atoms with E-state index >= 15 is 0 Å². The van der Waals surface area contributed by atoms with Gasteiger partial charge in [0.05, 0.1) is 46.4 Å². The van der Waals surface area contributed by atoms with Crippen LogP contribution in [0.5, 0.6) is 0 Å². The highest BCUT2D eigenvalue weighted by Gasteiger charge is 2.44. The molecule has 0 radical (unpaired) electrons. The Morgan fingerprint density at radius 3 is 2.24 bits per heavy atom. The van der Waals surface area contributed by atoms with E-state index in [-0.39, 0.29) is 56.3 Å². The average molecular weight is 734 g/mol. The van der Waals surface area contributed by atoms with Crippen LogP contribution in [0.25, 0.3) is 22.2 Å². The van der Waals surface area contributed by atoms with Gasteiger partial charge in [0.25, 0.3) is 5.91 Å². The normalized spacial score (nSPS) is 18.0. The van der Waals surface area contributed by atoms with E-state index < -0.39 is 39.7 Å². The second-order valence-electron chi connectivity index (χ2n) is 13.6. The van der Waals surface area contributed by atoms with Crippen molar-refractivity contribution in [2.24, 2.45) is 0 Å². The van der Waals surface area contributed by atoms with Gasteiger partial charge in [-0.3, -0.25) is 4.79 Å². The molecule has 2 saturated heterocycles. The van der Waals surface area contributed by atoms with Gasteiger partial charge in [0, 0.05) is 48.7 Å². The highest BCUT2D eigenvalue weighted by Crippen LogP contribution is 2.40. The van der Waals surface area contributed by atoms with E-state index in [9.17, 15) is 39.6 Å². The number of aromatic nitrogens is 1. The van der Waals surface area contributed by atoms with E-state index in [0.717, 1.165) is 63.6 Å². The molecule has 2 aliphatic heterocycles. The number of carbonyl (C=O) groups excluding carboxylic acids is 1. The van der Waals surface area contributed by atoms with Crippen LogP contribution in [0, 0.1) is 0 Å². The smallest absolute Gasteiger partial charge is 0.337 e. The first kappa shape index (κ1) is 36.8. The van der Waals surface area contributed by atoms with Crippen molar-refractivity contribution in [2.75, 3.05) is 32.4 Å². The number of nitrogens with zero attached hydrogens (tertiary/aromatic N) is 2. The molecule has 1 amide bonds. The number of likely N-dealkylation sites (tertiary alicyclic amines) is 1. The Balaban J connectivity index is 1.66. The molecular weight excluding hydrogens is 694 g/mol. The van der Waals surface area contributed by atoms with Gasteiger partial charge in [-0.25, -0.2) is 13.4 Å². The molecule has 272 valence electrons. The SMILES string of the molecule is CS(=O)(=O)c1ccc2nc(-c3cccc(C(F)(F)F)c3)c(C[N+]3(C4CCNCC4)CCCCC3)c(C(=O)N[C@@H](c3ccccc3)C(F)(F)F)c2c1. The first-order chi connectivity index (χ1) is 24.1. The van der Waals surface area contributed by atoms with Crippen molar-refractivity contribution in [1.82, 2.24) is 15.6 Å². The maximum atomic E-state index is 14.7. The summed E-state index contributed by atoms with van der Waals surface area (Å²) in [7, 11) is -3.85. The monoisotopic (exact) mass is 733 g/mol. The van der Waals surface area contributed by atoms with Crippen molar-refractivity contribution in [3.63, 3.8) is 0 Å². The fourth-order valence-corrected chi connectivity index (χ4v) is 8.32. The van der Waals surface area contributed by atoms with Crippen LogP contribution < -0.4 is 10.6 Å². The number of nitrogens with one attached hydrogen (secondary N) is 2. The van der Waals surface area contributed by atoms with Gasteiger partial charge in [-0.1, -0.05) is 42.5 Å². The third-order valence-electron chi connectivity index (χ3n) is 10.2. The van der Waals surface area contributed by atoms with Gasteiger partial charge in [0.1, 0.15) is 6.54 Å². The van der Waals surface area contributed by atoms with Crippen LogP contribution >= 0.6 is 0 Å². The zero-order valence-electron chi connectivity index (χ0n) is 27.9. The lowest BCUT2D eigenvalue weighted by Crippen LogP contribution is -2.60. The van der Waals surface area contributed by atoms with Crippen LogP contribution in [0.1, 0.15) is 65.2 Å². The van der Waals surface area contributed by atoms with Crippen LogP contribution in [0.15, 0.2) is 77.7 Å². The number of fused-ring (bicyclic) bond motifs is 1. The number of hydrogen-bond donors (Lipinski definition) is 2. The summed E-state index contributed by atoms with van der Waals surface area (Å²) in [6.07, 6.45) is -4.38. The van der Waals surface area contributed by atoms with Crippen molar-refractivity contribution < 1.29 is 44.0 Å². The molecule has 0 bridgehead atoms. The Kier molecular flexibility index (Phi) is 10.2. The second-order valence-corrected chi connectivity index (χ2v) is 15.6. The molecule has 0 spiro atoms. The van der Waals surface area contributed by atoms with E-state index in [1.807, 2.05) is 0 Å². The van der Waals surface area contributed by atoms with Crippen molar-refractivity contribution in [2.45, 2.75) is 68.0 Å². The number of quaternary nitrogens is 1. The molecule has 14 heteroatoms. The molecule has 0 saturated carbocycles. The van der Waals surface area contributed by atoms with Gasteiger partial charge in [-0.05, 0) is 55.2 Å². The Labute approximate surface area is 292 Å². The number of alkyl halides is 6. The minimum atomic E-state index is -4.92. The second kappa shape index (κ2) is 14.2. The highest BCUT2D eigenvalue weighted by atomic mass is 32.2. The van der Waals surface area contributed by atoms with Crippen LogP contribution in [-0.4, -0.2) is 68.4 Å². The van der Waals surface area contributed by atoms with Gasteiger partial charge >= 0.3 is 12.4 Å². The first-order valence-corrected chi connectivity index (χ1v) is 18.8. The molecule has 2 aliphatic rings. The summed E-state index contributed by atoms with van der Waals surface area (Å²) in [5.74, 6) is -1.14. The number of sulfone groups is 1. The summed E-state index contributed by atoms with van der Waals surface area (Å²) in [6, 6.07) is 12.9. The van der Waals surface area contributed by atoms with Gasteiger partial charge in [0.2, 0.25) is 0 Å². The summed E-state index contributed by atoms with van der Waals surface area (Å²) in [5, 5.41) is 5.54. The predicted molar refractivity (Wildman–Crippen MR) is 181 cm³/mol. The number of hydrogen-bond acceptors (Lipinski definition) is 5. The molecule has 3 aromatic carbocycles. The minimum absolute atomic E-state index is 0.00407. The average Bonchev–Trinajstić information content (AvgIpc) is 3.10. The lowest BCUT2D eigenvalue weighted by atomic mass is 9.90. The summed E-state index contributed by atoms with van der Waals surface area (Å²) in [5.41, 5.74) is -1.10. The fourth-order valence-electron chi connectivity index (χ4n) is 7.67. The molecule has 2 N–H and O–H groups in total. The Morgan fingerprint density at radius 1 is 0.922 bits per heavy atom. The Morgan fingerprint density at radius 2 is 1.61 bits per heavy atom. The molecule has 6 rings (SSSR count). The van der Waals surface area contributed by atoms with E-state index in [4.69, 9.17) is 4.98 Å². The number of piperidine rings is 2. The maximum absolute atomic E-state index is 14.7. The largest absolute Gasteiger partial charge is 0.416 e. The summed E-state index contributed by atoms with van der Waals surface area (Å²) in [4.78, 5) is 19.2.